The Morgan fingerprint density at radius 3 is 2.33 bits per heavy atom. The van der Waals surface area contributed by atoms with Crippen molar-refractivity contribution < 1.29 is 21.1 Å². The molecule has 0 spiro atoms. The van der Waals surface area contributed by atoms with E-state index in [9.17, 15) is 0 Å². The van der Waals surface area contributed by atoms with E-state index in [1.807, 2.05) is 54.7 Å². The average Bonchev–Trinajstić information content (AvgIpc) is 2.80. The van der Waals surface area contributed by atoms with E-state index in [1.165, 1.54) is 5.56 Å². The van der Waals surface area contributed by atoms with E-state index in [-0.39, 0.29) is 21.1 Å². The molecular formula is C27H18N2Pt. The number of para-hydroxylation sites is 1. The topological polar surface area (TPSA) is 25.8 Å². The van der Waals surface area contributed by atoms with Gasteiger partial charge in [-0.15, -0.1) is 71.3 Å². The van der Waals surface area contributed by atoms with Crippen LogP contribution in [-0.4, -0.2) is 9.97 Å². The van der Waals surface area contributed by atoms with Crippen LogP contribution in [0.3, 0.4) is 0 Å². The van der Waals surface area contributed by atoms with Crippen molar-refractivity contribution in [3.63, 3.8) is 0 Å². The van der Waals surface area contributed by atoms with Crippen molar-refractivity contribution in [3.05, 3.63) is 120 Å². The Morgan fingerprint density at radius 1 is 0.700 bits per heavy atom. The standard InChI is InChI=1S/C27H18N2.Pt/c1-2-9-21(10-3-1)25-15-6-16-26(29-25)23-12-4-8-20(18-23)19-24-13-5-11-22-14-7-17-28-27(22)24;/h1-9,11-17H,19H2;/q-2;+2. The van der Waals surface area contributed by atoms with E-state index < -0.39 is 0 Å². The molecule has 2 nitrogen and oxygen atoms in total. The monoisotopic (exact) mass is 565 g/mol. The molecule has 0 aliphatic rings. The summed E-state index contributed by atoms with van der Waals surface area (Å²) in [5.41, 5.74) is 7.20. The van der Waals surface area contributed by atoms with Crippen molar-refractivity contribution in [2.45, 2.75) is 6.42 Å². The van der Waals surface area contributed by atoms with Crippen LogP contribution >= 0.6 is 0 Å². The second-order valence-corrected chi connectivity index (χ2v) is 6.94. The van der Waals surface area contributed by atoms with E-state index in [2.05, 4.69) is 59.6 Å². The first-order valence-corrected chi connectivity index (χ1v) is 9.65. The Kier molecular flexibility index (Phi) is 6.16. The quantitative estimate of drug-likeness (QED) is 0.244. The minimum absolute atomic E-state index is 0. The molecule has 0 fully saturated rings. The number of fused-ring (bicyclic) bond motifs is 1. The van der Waals surface area contributed by atoms with Crippen LogP contribution < -0.4 is 0 Å². The number of pyridine rings is 2. The molecule has 0 bridgehead atoms. The smallest absolute Gasteiger partial charge is 0.345 e. The van der Waals surface area contributed by atoms with Crippen molar-refractivity contribution in [3.8, 4) is 22.5 Å². The average molecular weight is 566 g/mol. The van der Waals surface area contributed by atoms with Crippen LogP contribution in [0.15, 0.2) is 97.2 Å². The molecule has 30 heavy (non-hydrogen) atoms. The molecule has 0 saturated heterocycles. The first kappa shape index (κ1) is 20.2. The van der Waals surface area contributed by atoms with E-state index in [0.29, 0.717) is 0 Å². The van der Waals surface area contributed by atoms with Gasteiger partial charge in [-0.3, -0.25) is 4.98 Å². The summed E-state index contributed by atoms with van der Waals surface area (Å²) in [6, 6.07) is 37.4. The number of aromatic nitrogens is 2. The molecular weight excluding hydrogens is 547 g/mol. The van der Waals surface area contributed by atoms with Gasteiger partial charge in [-0.1, -0.05) is 42.5 Å². The van der Waals surface area contributed by atoms with Crippen LogP contribution in [0, 0.1) is 12.1 Å². The van der Waals surface area contributed by atoms with E-state index in [0.717, 1.165) is 45.4 Å². The second kappa shape index (κ2) is 9.15. The summed E-state index contributed by atoms with van der Waals surface area (Å²) >= 11 is 0. The summed E-state index contributed by atoms with van der Waals surface area (Å²) in [4.78, 5) is 9.41. The maximum absolute atomic E-state index is 4.84. The Labute approximate surface area is 190 Å². The van der Waals surface area contributed by atoms with Gasteiger partial charge >= 0.3 is 21.1 Å². The molecule has 0 aliphatic carbocycles. The van der Waals surface area contributed by atoms with Crippen LogP contribution in [0.25, 0.3) is 33.4 Å². The third-order valence-corrected chi connectivity index (χ3v) is 4.96. The zero-order chi connectivity index (χ0) is 19.5. The van der Waals surface area contributed by atoms with E-state index >= 15 is 0 Å². The van der Waals surface area contributed by atoms with Crippen molar-refractivity contribution in [1.29, 1.82) is 0 Å². The normalized spacial score (nSPS) is 10.5. The Hall–Kier alpha value is -3.09. The molecule has 0 N–H and O–H groups in total. The molecule has 0 atom stereocenters. The summed E-state index contributed by atoms with van der Waals surface area (Å²) < 4.78 is 0. The summed E-state index contributed by atoms with van der Waals surface area (Å²) in [5, 5.41) is 1.16. The van der Waals surface area contributed by atoms with Gasteiger partial charge in [0.25, 0.3) is 0 Å². The third kappa shape index (κ3) is 4.25. The molecule has 5 rings (SSSR count). The van der Waals surface area contributed by atoms with E-state index in [4.69, 9.17) is 4.98 Å². The van der Waals surface area contributed by atoms with Gasteiger partial charge in [0.15, 0.2) is 0 Å². The van der Waals surface area contributed by atoms with Crippen LogP contribution in [0.1, 0.15) is 11.1 Å². The number of benzene rings is 3. The van der Waals surface area contributed by atoms with Gasteiger partial charge in [0, 0.05) is 11.6 Å². The molecule has 146 valence electrons. The molecule has 2 heterocycles. The third-order valence-electron chi connectivity index (χ3n) is 4.96. The first-order chi connectivity index (χ1) is 14.4. The largest absolute Gasteiger partial charge is 2.00 e. The fourth-order valence-corrected chi connectivity index (χ4v) is 3.57. The zero-order valence-corrected chi connectivity index (χ0v) is 18.4. The summed E-state index contributed by atoms with van der Waals surface area (Å²) in [5.74, 6) is 0. The number of hydrogen-bond donors (Lipinski definition) is 0. The predicted molar refractivity (Wildman–Crippen MR) is 117 cm³/mol. The number of hydrogen-bond acceptors (Lipinski definition) is 2. The van der Waals surface area contributed by atoms with Crippen LogP contribution in [0.2, 0.25) is 0 Å². The second-order valence-electron chi connectivity index (χ2n) is 6.94. The Morgan fingerprint density at radius 2 is 1.47 bits per heavy atom. The maximum atomic E-state index is 4.84. The fraction of sp³-hybridized carbons (Fsp3) is 0.0370. The van der Waals surface area contributed by atoms with Gasteiger partial charge < -0.3 is 4.98 Å². The first-order valence-electron chi connectivity index (χ1n) is 9.65. The van der Waals surface area contributed by atoms with Crippen molar-refractivity contribution in [2.75, 3.05) is 0 Å². The van der Waals surface area contributed by atoms with Crippen molar-refractivity contribution in [2.24, 2.45) is 0 Å². The molecule has 5 aromatic rings. The molecule has 3 heteroatoms. The van der Waals surface area contributed by atoms with Gasteiger partial charge in [-0.25, -0.2) is 0 Å². The zero-order valence-electron chi connectivity index (χ0n) is 16.2. The Balaban J connectivity index is 0.00000218. The fourth-order valence-electron chi connectivity index (χ4n) is 3.57. The van der Waals surface area contributed by atoms with Crippen LogP contribution in [-0.2, 0) is 27.5 Å². The van der Waals surface area contributed by atoms with Gasteiger partial charge in [-0.05, 0) is 29.4 Å². The summed E-state index contributed by atoms with van der Waals surface area (Å²) in [6.45, 7) is 0. The molecule has 0 radical (unpaired) electrons. The van der Waals surface area contributed by atoms with Gasteiger partial charge in [0.1, 0.15) is 0 Å². The SMILES string of the molecule is [Pt+2].[c-]1ccccc1-c1cccc(-c2[c-]c(Cc3cccc4cccnc34)ccc2)n1. The summed E-state index contributed by atoms with van der Waals surface area (Å²) in [7, 11) is 0. The Bertz CT molecular complexity index is 1280. The van der Waals surface area contributed by atoms with Crippen molar-refractivity contribution in [1.82, 2.24) is 9.97 Å². The minimum Gasteiger partial charge on any atom is -0.345 e. The van der Waals surface area contributed by atoms with E-state index in [1.54, 1.807) is 0 Å². The molecule has 0 aliphatic heterocycles. The molecule has 0 saturated carbocycles. The number of rotatable bonds is 4. The van der Waals surface area contributed by atoms with Crippen LogP contribution in [0.5, 0.6) is 0 Å². The van der Waals surface area contributed by atoms with Crippen LogP contribution in [0.4, 0.5) is 0 Å². The molecule has 3 aromatic carbocycles. The molecule has 0 unspecified atom stereocenters. The van der Waals surface area contributed by atoms with Crippen molar-refractivity contribution >= 4 is 10.9 Å². The molecule has 0 amide bonds. The predicted octanol–water partition coefficient (Wildman–Crippen LogP) is 6.15. The van der Waals surface area contributed by atoms with Gasteiger partial charge in [0.2, 0.25) is 0 Å². The number of nitrogens with zero attached hydrogens (tertiary/aromatic N) is 2. The van der Waals surface area contributed by atoms with Gasteiger partial charge in [0.05, 0.1) is 5.52 Å². The summed E-state index contributed by atoms with van der Waals surface area (Å²) in [6.07, 6.45) is 2.64. The van der Waals surface area contributed by atoms with Gasteiger partial charge in [-0.2, -0.15) is 0 Å². The minimum atomic E-state index is 0. The molecule has 2 aromatic heterocycles. The maximum Gasteiger partial charge on any atom is 2.00 e.